The van der Waals surface area contributed by atoms with Crippen molar-refractivity contribution in [1.29, 1.82) is 0 Å². The van der Waals surface area contributed by atoms with Gasteiger partial charge in [-0.05, 0) is 25.1 Å². The fraction of sp³-hybridized carbons (Fsp3) is 0.214. The number of hydrogen-bond donors (Lipinski definition) is 1. The van der Waals surface area contributed by atoms with Gasteiger partial charge in [0.25, 0.3) is 0 Å². The summed E-state index contributed by atoms with van der Waals surface area (Å²) in [7, 11) is 1.67. The van der Waals surface area contributed by atoms with Gasteiger partial charge in [0, 0.05) is 23.9 Å². The Morgan fingerprint density at radius 1 is 1.24 bits per heavy atom. The molecule has 2 aromatic rings. The molecule has 0 spiro atoms. The normalized spacial score (nSPS) is 10.3. The first-order valence-electron chi connectivity index (χ1n) is 5.55. The lowest BCUT2D eigenvalue weighted by atomic mass is 10.0. The number of benzene rings is 1. The van der Waals surface area contributed by atoms with Gasteiger partial charge < -0.3 is 10.5 Å². The highest BCUT2D eigenvalue weighted by molar-refractivity contribution is 5.73. The van der Waals surface area contributed by atoms with E-state index in [2.05, 4.69) is 18.0 Å². The Labute approximate surface area is 101 Å². The van der Waals surface area contributed by atoms with Crippen LogP contribution < -0.4 is 10.5 Å². The molecule has 0 saturated carbocycles. The molecule has 17 heavy (non-hydrogen) atoms. The zero-order valence-corrected chi connectivity index (χ0v) is 10.1. The predicted molar refractivity (Wildman–Crippen MR) is 68.9 cm³/mol. The van der Waals surface area contributed by atoms with Crippen molar-refractivity contribution in [3.8, 4) is 16.9 Å². The van der Waals surface area contributed by atoms with Crippen LogP contribution in [0.5, 0.6) is 5.75 Å². The van der Waals surface area contributed by atoms with Gasteiger partial charge in [-0.1, -0.05) is 17.7 Å². The molecule has 1 aromatic heterocycles. The lowest BCUT2D eigenvalue weighted by Crippen LogP contribution is -2.02. The Morgan fingerprint density at radius 2 is 2.06 bits per heavy atom. The maximum atomic E-state index is 5.71. The summed E-state index contributed by atoms with van der Waals surface area (Å²) < 4.78 is 5.39. The smallest absolute Gasteiger partial charge is 0.126 e. The highest BCUT2D eigenvalue weighted by atomic mass is 16.5. The summed E-state index contributed by atoms with van der Waals surface area (Å²) in [6, 6.07) is 10.0. The maximum absolute atomic E-state index is 5.71. The Bertz CT molecular complexity index is 523. The van der Waals surface area contributed by atoms with E-state index in [4.69, 9.17) is 10.5 Å². The minimum atomic E-state index is 0.424. The molecule has 0 amide bonds. The van der Waals surface area contributed by atoms with E-state index in [1.165, 1.54) is 5.56 Å². The number of aryl methyl sites for hydroxylation is 1. The molecular weight excluding hydrogens is 212 g/mol. The van der Waals surface area contributed by atoms with Gasteiger partial charge in [-0.25, -0.2) is 0 Å². The first-order chi connectivity index (χ1) is 8.26. The van der Waals surface area contributed by atoms with Crippen molar-refractivity contribution in [2.24, 2.45) is 5.73 Å². The molecule has 0 saturated heterocycles. The Balaban J connectivity index is 2.62. The van der Waals surface area contributed by atoms with Crippen LogP contribution in [0, 0.1) is 6.92 Å². The number of ether oxygens (including phenoxy) is 1. The molecule has 1 aromatic carbocycles. The summed E-state index contributed by atoms with van der Waals surface area (Å²) in [5.74, 6) is 0.846. The summed E-state index contributed by atoms with van der Waals surface area (Å²) in [4.78, 5) is 4.30. The first-order valence-corrected chi connectivity index (χ1v) is 5.55. The Kier molecular flexibility index (Phi) is 3.40. The SMILES string of the molecule is COc1ccc(C)cc1-c1cccnc1CN. The molecule has 3 nitrogen and oxygen atoms in total. The summed E-state index contributed by atoms with van der Waals surface area (Å²) in [5.41, 5.74) is 9.87. The van der Waals surface area contributed by atoms with Gasteiger partial charge in [0.2, 0.25) is 0 Å². The lowest BCUT2D eigenvalue weighted by molar-refractivity contribution is 0.416. The molecule has 3 heteroatoms. The average Bonchev–Trinajstić information content (AvgIpc) is 2.38. The van der Waals surface area contributed by atoms with Gasteiger partial charge in [0.05, 0.1) is 12.8 Å². The van der Waals surface area contributed by atoms with Gasteiger partial charge in [0.15, 0.2) is 0 Å². The molecule has 0 unspecified atom stereocenters. The Morgan fingerprint density at radius 3 is 2.76 bits per heavy atom. The predicted octanol–water partition coefficient (Wildman–Crippen LogP) is 2.52. The zero-order valence-electron chi connectivity index (χ0n) is 10.1. The van der Waals surface area contributed by atoms with Crippen molar-refractivity contribution in [2.75, 3.05) is 7.11 Å². The van der Waals surface area contributed by atoms with Crippen molar-refractivity contribution in [3.05, 3.63) is 47.8 Å². The van der Waals surface area contributed by atoms with Crippen LogP contribution in [0.3, 0.4) is 0 Å². The molecule has 2 rings (SSSR count). The summed E-state index contributed by atoms with van der Waals surface area (Å²) in [5, 5.41) is 0. The van der Waals surface area contributed by atoms with Crippen LogP contribution >= 0.6 is 0 Å². The number of rotatable bonds is 3. The standard InChI is InChI=1S/C14H16N2O/c1-10-5-6-14(17-2)12(8-10)11-4-3-7-16-13(11)9-15/h3-8H,9,15H2,1-2H3. The summed E-state index contributed by atoms with van der Waals surface area (Å²) in [6.45, 7) is 2.48. The molecule has 2 N–H and O–H groups in total. The summed E-state index contributed by atoms with van der Waals surface area (Å²) in [6.07, 6.45) is 1.76. The van der Waals surface area contributed by atoms with Gasteiger partial charge in [-0.15, -0.1) is 0 Å². The van der Waals surface area contributed by atoms with Crippen LogP contribution in [-0.4, -0.2) is 12.1 Å². The molecule has 0 aliphatic rings. The van der Waals surface area contributed by atoms with E-state index in [-0.39, 0.29) is 0 Å². The van der Waals surface area contributed by atoms with Crippen molar-refractivity contribution in [2.45, 2.75) is 13.5 Å². The molecule has 88 valence electrons. The fourth-order valence-corrected chi connectivity index (χ4v) is 1.88. The second-order valence-electron chi connectivity index (χ2n) is 3.91. The summed E-state index contributed by atoms with van der Waals surface area (Å²) >= 11 is 0. The van der Waals surface area contributed by atoms with Crippen LogP contribution in [0.4, 0.5) is 0 Å². The highest BCUT2D eigenvalue weighted by Crippen LogP contribution is 2.32. The number of pyridine rings is 1. The molecule has 1 heterocycles. The number of nitrogens with zero attached hydrogens (tertiary/aromatic N) is 1. The minimum Gasteiger partial charge on any atom is -0.496 e. The van der Waals surface area contributed by atoms with E-state index in [9.17, 15) is 0 Å². The lowest BCUT2D eigenvalue weighted by Gasteiger charge is -2.12. The van der Waals surface area contributed by atoms with Crippen molar-refractivity contribution in [3.63, 3.8) is 0 Å². The molecule has 0 fully saturated rings. The molecular formula is C14H16N2O. The third kappa shape index (κ3) is 2.29. The second kappa shape index (κ2) is 4.97. The van der Waals surface area contributed by atoms with Gasteiger partial charge in [-0.3, -0.25) is 4.98 Å². The van der Waals surface area contributed by atoms with Gasteiger partial charge in [0.1, 0.15) is 5.75 Å². The molecule has 0 aliphatic heterocycles. The average molecular weight is 228 g/mol. The minimum absolute atomic E-state index is 0.424. The van der Waals surface area contributed by atoms with E-state index >= 15 is 0 Å². The highest BCUT2D eigenvalue weighted by Gasteiger charge is 2.10. The van der Waals surface area contributed by atoms with E-state index in [0.29, 0.717) is 6.54 Å². The number of methoxy groups -OCH3 is 1. The largest absolute Gasteiger partial charge is 0.496 e. The number of nitrogens with two attached hydrogens (primary N) is 1. The van der Waals surface area contributed by atoms with E-state index in [0.717, 1.165) is 22.6 Å². The molecule has 0 bridgehead atoms. The van der Waals surface area contributed by atoms with Crippen LogP contribution in [0.2, 0.25) is 0 Å². The third-order valence-electron chi connectivity index (χ3n) is 2.73. The fourth-order valence-electron chi connectivity index (χ4n) is 1.88. The first kappa shape index (κ1) is 11.6. The monoisotopic (exact) mass is 228 g/mol. The van der Waals surface area contributed by atoms with Crippen molar-refractivity contribution >= 4 is 0 Å². The van der Waals surface area contributed by atoms with E-state index in [1.807, 2.05) is 24.3 Å². The topological polar surface area (TPSA) is 48.1 Å². The number of hydrogen-bond acceptors (Lipinski definition) is 3. The van der Waals surface area contributed by atoms with Crippen molar-refractivity contribution in [1.82, 2.24) is 4.98 Å². The molecule has 0 radical (unpaired) electrons. The maximum Gasteiger partial charge on any atom is 0.126 e. The quantitative estimate of drug-likeness (QED) is 0.878. The number of aromatic nitrogens is 1. The van der Waals surface area contributed by atoms with Crippen LogP contribution in [-0.2, 0) is 6.54 Å². The van der Waals surface area contributed by atoms with E-state index < -0.39 is 0 Å². The molecule has 0 atom stereocenters. The third-order valence-corrected chi connectivity index (χ3v) is 2.73. The molecule has 0 aliphatic carbocycles. The Hall–Kier alpha value is -1.87. The van der Waals surface area contributed by atoms with Crippen LogP contribution in [0.1, 0.15) is 11.3 Å². The van der Waals surface area contributed by atoms with Crippen molar-refractivity contribution < 1.29 is 4.74 Å². The van der Waals surface area contributed by atoms with Crippen LogP contribution in [0.15, 0.2) is 36.5 Å². The second-order valence-corrected chi connectivity index (χ2v) is 3.91. The van der Waals surface area contributed by atoms with E-state index in [1.54, 1.807) is 13.3 Å². The van der Waals surface area contributed by atoms with Crippen LogP contribution in [0.25, 0.3) is 11.1 Å². The van der Waals surface area contributed by atoms with Gasteiger partial charge >= 0.3 is 0 Å². The zero-order chi connectivity index (χ0) is 12.3. The van der Waals surface area contributed by atoms with Gasteiger partial charge in [-0.2, -0.15) is 0 Å².